The molecular formula is C22H25ClN4O2S. The lowest BCUT2D eigenvalue weighted by atomic mass is 10.2. The Labute approximate surface area is 184 Å². The van der Waals surface area contributed by atoms with Crippen molar-refractivity contribution >= 4 is 45.0 Å². The molecule has 8 heteroatoms. The number of nitrogens with one attached hydrogen (secondary N) is 1. The number of likely N-dealkylation sites (tertiary alicyclic amines) is 1. The fourth-order valence-electron chi connectivity index (χ4n) is 3.79. The Balaban J connectivity index is 1.42. The Morgan fingerprint density at radius 3 is 2.67 bits per heavy atom. The highest BCUT2D eigenvalue weighted by molar-refractivity contribution is 7.20. The van der Waals surface area contributed by atoms with E-state index in [0.29, 0.717) is 22.9 Å². The first-order valence-electron chi connectivity index (χ1n) is 10.3. The van der Waals surface area contributed by atoms with Crippen LogP contribution in [0.4, 0.5) is 0 Å². The molecule has 158 valence electrons. The number of fused-ring (bicyclic) bond motifs is 1. The Morgan fingerprint density at radius 1 is 1.17 bits per heavy atom. The number of nitrogens with zero attached hydrogens (tertiary/aromatic N) is 3. The number of halogens is 1. The van der Waals surface area contributed by atoms with Gasteiger partial charge in [-0.3, -0.25) is 9.59 Å². The molecule has 0 saturated carbocycles. The summed E-state index contributed by atoms with van der Waals surface area (Å²) in [5, 5.41) is 9.08. The standard InChI is InChI=1S/C22H25ClN4O2S/c1-15-18-14-19(30-22(18)27(25-15)17-8-6-7-16(23)13-17)21(29)24-10-9-20(28)26-11-4-2-3-5-12-26/h6-8,13-14H,2-5,9-12H2,1H3,(H,24,29). The second kappa shape index (κ2) is 9.18. The molecule has 1 aromatic carbocycles. The van der Waals surface area contributed by atoms with E-state index in [2.05, 4.69) is 10.4 Å². The minimum Gasteiger partial charge on any atom is -0.351 e. The fourth-order valence-corrected chi connectivity index (χ4v) is 5.07. The molecule has 1 aliphatic rings. The van der Waals surface area contributed by atoms with E-state index in [1.165, 1.54) is 24.2 Å². The van der Waals surface area contributed by atoms with E-state index >= 15 is 0 Å². The highest BCUT2D eigenvalue weighted by Crippen LogP contribution is 2.31. The average Bonchev–Trinajstić information content (AvgIpc) is 3.17. The second-order valence-electron chi connectivity index (χ2n) is 7.61. The van der Waals surface area contributed by atoms with E-state index in [1.54, 1.807) is 0 Å². The maximum atomic E-state index is 12.7. The van der Waals surface area contributed by atoms with E-state index in [-0.39, 0.29) is 11.8 Å². The summed E-state index contributed by atoms with van der Waals surface area (Å²) in [6.45, 7) is 3.95. The zero-order valence-electron chi connectivity index (χ0n) is 17.0. The van der Waals surface area contributed by atoms with Crippen LogP contribution in [0.25, 0.3) is 15.9 Å². The van der Waals surface area contributed by atoms with Crippen molar-refractivity contribution in [3.8, 4) is 5.69 Å². The molecule has 0 atom stereocenters. The fraction of sp³-hybridized carbons (Fsp3) is 0.409. The van der Waals surface area contributed by atoms with Crippen molar-refractivity contribution in [1.82, 2.24) is 20.0 Å². The average molecular weight is 445 g/mol. The number of benzene rings is 1. The lowest BCUT2D eigenvalue weighted by molar-refractivity contribution is -0.131. The Morgan fingerprint density at radius 2 is 1.93 bits per heavy atom. The van der Waals surface area contributed by atoms with Crippen molar-refractivity contribution in [2.45, 2.75) is 39.0 Å². The zero-order chi connectivity index (χ0) is 21.1. The van der Waals surface area contributed by atoms with Crippen LogP contribution in [0.3, 0.4) is 0 Å². The van der Waals surface area contributed by atoms with E-state index in [1.807, 2.05) is 46.8 Å². The van der Waals surface area contributed by atoms with Gasteiger partial charge in [0, 0.05) is 36.5 Å². The largest absolute Gasteiger partial charge is 0.351 e. The number of carbonyl (C=O) groups excluding carboxylic acids is 2. The number of hydrogen-bond acceptors (Lipinski definition) is 4. The summed E-state index contributed by atoms with van der Waals surface area (Å²) in [4.78, 5) is 28.5. The lowest BCUT2D eigenvalue weighted by Crippen LogP contribution is -2.35. The molecule has 1 fully saturated rings. The minimum absolute atomic E-state index is 0.126. The monoisotopic (exact) mass is 444 g/mol. The number of hydrogen-bond donors (Lipinski definition) is 1. The molecule has 4 rings (SSSR count). The molecule has 0 spiro atoms. The van der Waals surface area contributed by atoms with Crippen LogP contribution in [0.15, 0.2) is 30.3 Å². The minimum atomic E-state index is -0.156. The van der Waals surface area contributed by atoms with Gasteiger partial charge in [0.1, 0.15) is 4.83 Å². The Bertz CT molecular complexity index is 1070. The van der Waals surface area contributed by atoms with Crippen LogP contribution >= 0.6 is 22.9 Å². The quantitative estimate of drug-likeness (QED) is 0.626. The summed E-state index contributed by atoms with van der Waals surface area (Å²) < 4.78 is 1.82. The summed E-state index contributed by atoms with van der Waals surface area (Å²) in [5.74, 6) is -0.0297. The van der Waals surface area contributed by atoms with Crippen LogP contribution in [0.1, 0.15) is 47.5 Å². The van der Waals surface area contributed by atoms with Gasteiger partial charge in [0.05, 0.1) is 16.3 Å². The number of aryl methyl sites for hydroxylation is 1. The zero-order valence-corrected chi connectivity index (χ0v) is 18.6. The van der Waals surface area contributed by atoms with Crippen molar-refractivity contribution in [3.63, 3.8) is 0 Å². The first-order valence-corrected chi connectivity index (χ1v) is 11.5. The van der Waals surface area contributed by atoms with Gasteiger partial charge in [0.2, 0.25) is 5.91 Å². The Hall–Kier alpha value is -2.38. The highest BCUT2D eigenvalue weighted by Gasteiger charge is 2.19. The maximum absolute atomic E-state index is 12.7. The SMILES string of the molecule is Cc1nn(-c2cccc(Cl)c2)c2sc(C(=O)NCCC(=O)N3CCCCCC3)cc12. The third kappa shape index (κ3) is 4.52. The molecule has 2 amide bonds. The molecule has 2 aromatic heterocycles. The van der Waals surface area contributed by atoms with E-state index in [9.17, 15) is 9.59 Å². The number of rotatable bonds is 5. The highest BCUT2D eigenvalue weighted by atomic mass is 35.5. The third-order valence-corrected chi connectivity index (χ3v) is 6.75. The van der Waals surface area contributed by atoms with Gasteiger partial charge in [-0.05, 0) is 44.0 Å². The molecular weight excluding hydrogens is 420 g/mol. The van der Waals surface area contributed by atoms with Crippen LogP contribution in [-0.2, 0) is 4.79 Å². The molecule has 0 radical (unpaired) electrons. The van der Waals surface area contributed by atoms with Crippen LogP contribution < -0.4 is 5.32 Å². The normalized spacial score (nSPS) is 14.7. The first-order chi connectivity index (χ1) is 14.5. The van der Waals surface area contributed by atoms with Gasteiger partial charge in [-0.15, -0.1) is 11.3 Å². The molecule has 0 bridgehead atoms. The molecule has 0 unspecified atom stereocenters. The van der Waals surface area contributed by atoms with E-state index < -0.39 is 0 Å². The number of aromatic nitrogens is 2. The van der Waals surface area contributed by atoms with Gasteiger partial charge >= 0.3 is 0 Å². The molecule has 0 aliphatic carbocycles. The molecule has 30 heavy (non-hydrogen) atoms. The van der Waals surface area contributed by atoms with E-state index in [4.69, 9.17) is 11.6 Å². The summed E-state index contributed by atoms with van der Waals surface area (Å²) in [6.07, 6.45) is 4.87. The molecule has 6 nitrogen and oxygen atoms in total. The predicted molar refractivity (Wildman–Crippen MR) is 121 cm³/mol. The molecule has 3 heterocycles. The Kier molecular flexibility index (Phi) is 6.39. The van der Waals surface area contributed by atoms with Crippen LogP contribution in [0.5, 0.6) is 0 Å². The van der Waals surface area contributed by atoms with Gasteiger partial charge in [-0.1, -0.05) is 30.5 Å². The molecule has 1 aliphatic heterocycles. The van der Waals surface area contributed by atoms with Gasteiger partial charge in [0.25, 0.3) is 5.91 Å². The van der Waals surface area contributed by atoms with Crippen molar-refractivity contribution in [3.05, 3.63) is 45.9 Å². The second-order valence-corrected chi connectivity index (χ2v) is 9.07. The van der Waals surface area contributed by atoms with Crippen molar-refractivity contribution in [1.29, 1.82) is 0 Å². The van der Waals surface area contributed by atoms with Crippen molar-refractivity contribution < 1.29 is 9.59 Å². The third-order valence-electron chi connectivity index (χ3n) is 5.40. The molecule has 3 aromatic rings. The van der Waals surface area contributed by atoms with Crippen LogP contribution in [-0.4, -0.2) is 46.1 Å². The number of amides is 2. The van der Waals surface area contributed by atoms with Crippen LogP contribution in [0, 0.1) is 6.92 Å². The van der Waals surface area contributed by atoms with Gasteiger partial charge in [0.15, 0.2) is 0 Å². The summed E-state index contributed by atoms with van der Waals surface area (Å²) in [6, 6.07) is 9.35. The van der Waals surface area contributed by atoms with Gasteiger partial charge in [-0.25, -0.2) is 4.68 Å². The number of thiophene rings is 1. The first kappa shape index (κ1) is 20.9. The smallest absolute Gasteiger partial charge is 0.261 e. The summed E-state index contributed by atoms with van der Waals surface area (Å²) >= 11 is 7.52. The van der Waals surface area contributed by atoms with Crippen molar-refractivity contribution in [2.24, 2.45) is 0 Å². The number of carbonyl (C=O) groups is 2. The maximum Gasteiger partial charge on any atom is 0.261 e. The molecule has 1 saturated heterocycles. The lowest BCUT2D eigenvalue weighted by Gasteiger charge is -2.20. The van der Waals surface area contributed by atoms with Crippen LogP contribution in [0.2, 0.25) is 5.02 Å². The summed E-state index contributed by atoms with van der Waals surface area (Å²) in [5.41, 5.74) is 1.72. The summed E-state index contributed by atoms with van der Waals surface area (Å²) in [7, 11) is 0. The van der Waals surface area contributed by atoms with Crippen molar-refractivity contribution in [2.75, 3.05) is 19.6 Å². The van der Waals surface area contributed by atoms with E-state index in [0.717, 1.165) is 47.5 Å². The topological polar surface area (TPSA) is 67.2 Å². The predicted octanol–water partition coefficient (Wildman–Crippen LogP) is 4.57. The van der Waals surface area contributed by atoms with Gasteiger partial charge in [-0.2, -0.15) is 5.10 Å². The molecule has 1 N–H and O–H groups in total. The van der Waals surface area contributed by atoms with Gasteiger partial charge < -0.3 is 10.2 Å².